The first-order valence-corrected chi connectivity index (χ1v) is 6.45. The van der Waals surface area contributed by atoms with Crippen LogP contribution in [0.3, 0.4) is 0 Å². The normalized spacial score (nSPS) is 10.4. The number of carboxylic acids is 1. The summed E-state index contributed by atoms with van der Waals surface area (Å²) in [5.41, 5.74) is 0.566. The molecule has 0 atom stereocenters. The second-order valence-corrected chi connectivity index (χ2v) is 4.91. The largest absolute Gasteiger partial charge is 0.478 e. The molecule has 19 heavy (non-hydrogen) atoms. The Labute approximate surface area is 113 Å². The van der Waals surface area contributed by atoms with Crippen molar-refractivity contribution in [1.82, 2.24) is 0 Å². The van der Waals surface area contributed by atoms with E-state index < -0.39 is 17.6 Å². The van der Waals surface area contributed by atoms with Crippen LogP contribution in [0.2, 0.25) is 0 Å². The lowest BCUT2D eigenvalue weighted by Crippen LogP contribution is -1.95. The van der Waals surface area contributed by atoms with E-state index in [4.69, 9.17) is 5.11 Å². The van der Waals surface area contributed by atoms with Gasteiger partial charge in [0.25, 0.3) is 0 Å². The molecule has 0 amide bonds. The van der Waals surface area contributed by atoms with Crippen molar-refractivity contribution in [2.75, 3.05) is 0 Å². The highest BCUT2D eigenvalue weighted by Crippen LogP contribution is 2.25. The highest BCUT2D eigenvalue weighted by atomic mass is 32.2. The van der Waals surface area contributed by atoms with Crippen molar-refractivity contribution < 1.29 is 18.7 Å². The van der Waals surface area contributed by atoms with Crippen LogP contribution in [0.4, 0.5) is 8.78 Å². The zero-order chi connectivity index (χ0) is 13.8. The Morgan fingerprint density at radius 1 is 1.16 bits per heavy atom. The smallest absolute Gasteiger partial charge is 0.335 e. The number of thioether (sulfide) groups is 1. The predicted octanol–water partition coefficient (Wildman–Crippen LogP) is 3.96. The van der Waals surface area contributed by atoms with Gasteiger partial charge in [0.05, 0.1) is 5.56 Å². The number of aromatic carboxylic acids is 1. The molecule has 0 bridgehead atoms. The molecule has 0 spiro atoms. The van der Waals surface area contributed by atoms with Gasteiger partial charge in [-0.05, 0) is 29.8 Å². The van der Waals surface area contributed by atoms with Gasteiger partial charge in [-0.3, -0.25) is 0 Å². The van der Waals surface area contributed by atoms with E-state index in [2.05, 4.69) is 0 Å². The van der Waals surface area contributed by atoms with Gasteiger partial charge in [-0.25, -0.2) is 13.6 Å². The summed E-state index contributed by atoms with van der Waals surface area (Å²) in [6, 6.07) is 9.82. The van der Waals surface area contributed by atoms with Crippen LogP contribution in [0.1, 0.15) is 15.9 Å². The van der Waals surface area contributed by atoms with E-state index in [-0.39, 0.29) is 5.56 Å². The van der Waals surface area contributed by atoms with Gasteiger partial charge < -0.3 is 5.11 Å². The van der Waals surface area contributed by atoms with Crippen LogP contribution in [0.15, 0.2) is 47.4 Å². The molecule has 5 heteroatoms. The summed E-state index contributed by atoms with van der Waals surface area (Å²) in [5, 5.41) is 8.86. The third-order valence-electron chi connectivity index (χ3n) is 2.49. The molecule has 0 fully saturated rings. The molecule has 2 aromatic rings. The van der Waals surface area contributed by atoms with Crippen molar-refractivity contribution >= 4 is 17.7 Å². The van der Waals surface area contributed by atoms with Crippen molar-refractivity contribution in [3.05, 3.63) is 65.2 Å². The van der Waals surface area contributed by atoms with E-state index in [9.17, 15) is 13.6 Å². The van der Waals surface area contributed by atoms with E-state index in [1.165, 1.54) is 36.0 Å². The molecule has 0 saturated carbocycles. The van der Waals surface area contributed by atoms with E-state index in [1.807, 2.05) is 0 Å². The quantitative estimate of drug-likeness (QED) is 0.861. The van der Waals surface area contributed by atoms with Gasteiger partial charge in [-0.15, -0.1) is 11.8 Å². The summed E-state index contributed by atoms with van der Waals surface area (Å²) in [5.74, 6) is -1.90. The Morgan fingerprint density at radius 2 is 1.95 bits per heavy atom. The fraction of sp³-hybridized carbons (Fsp3) is 0.0714. The lowest BCUT2D eigenvalue weighted by molar-refractivity contribution is 0.0696. The van der Waals surface area contributed by atoms with E-state index in [1.54, 1.807) is 12.1 Å². The second kappa shape index (κ2) is 5.84. The molecule has 0 unspecified atom stereocenters. The van der Waals surface area contributed by atoms with Gasteiger partial charge in [0.15, 0.2) is 0 Å². The molecule has 0 aliphatic heterocycles. The molecular weight excluding hydrogens is 270 g/mol. The predicted molar refractivity (Wildman–Crippen MR) is 69.3 cm³/mol. The average molecular weight is 280 g/mol. The first-order valence-electron chi connectivity index (χ1n) is 5.46. The van der Waals surface area contributed by atoms with Gasteiger partial charge >= 0.3 is 5.97 Å². The molecule has 0 heterocycles. The summed E-state index contributed by atoms with van der Waals surface area (Å²) in [4.78, 5) is 11.5. The number of hydrogen-bond acceptors (Lipinski definition) is 2. The molecule has 2 nitrogen and oxygen atoms in total. The molecule has 2 aromatic carbocycles. The summed E-state index contributed by atoms with van der Waals surface area (Å²) in [7, 11) is 0. The van der Waals surface area contributed by atoms with Crippen molar-refractivity contribution in [3.8, 4) is 0 Å². The molecule has 0 aliphatic rings. The minimum absolute atomic E-state index is 0.185. The Balaban J connectivity index is 2.10. The molecule has 0 radical (unpaired) electrons. The van der Waals surface area contributed by atoms with Gasteiger partial charge in [-0.2, -0.15) is 0 Å². The minimum Gasteiger partial charge on any atom is -0.478 e. The topological polar surface area (TPSA) is 37.3 Å². The minimum atomic E-state index is -1.00. The summed E-state index contributed by atoms with van der Waals surface area (Å²) in [6.07, 6.45) is 0. The maximum atomic E-state index is 13.4. The highest BCUT2D eigenvalue weighted by Gasteiger charge is 2.06. The van der Waals surface area contributed by atoms with E-state index >= 15 is 0 Å². The van der Waals surface area contributed by atoms with Crippen LogP contribution in [0.25, 0.3) is 0 Å². The SMILES string of the molecule is O=C(O)c1cccc(SCc2ccc(F)cc2F)c1. The average Bonchev–Trinajstić information content (AvgIpc) is 2.38. The molecule has 98 valence electrons. The summed E-state index contributed by atoms with van der Waals surface area (Å²) >= 11 is 1.30. The standard InChI is InChI=1S/C14H10F2O2S/c15-11-5-4-10(13(16)7-11)8-19-12-3-1-2-9(6-12)14(17)18/h1-7H,8H2,(H,17,18). The monoisotopic (exact) mass is 280 g/mol. The Bertz CT molecular complexity index is 614. The fourth-order valence-corrected chi connectivity index (χ4v) is 2.46. The van der Waals surface area contributed by atoms with Crippen LogP contribution in [0, 0.1) is 11.6 Å². The zero-order valence-electron chi connectivity index (χ0n) is 9.77. The fourth-order valence-electron chi connectivity index (χ4n) is 1.52. The van der Waals surface area contributed by atoms with Crippen molar-refractivity contribution in [2.24, 2.45) is 0 Å². The van der Waals surface area contributed by atoms with Crippen LogP contribution < -0.4 is 0 Å². The number of rotatable bonds is 4. The first-order chi connectivity index (χ1) is 9.06. The number of carboxylic acid groups (broad SMARTS) is 1. The Hall–Kier alpha value is -1.88. The molecular formula is C14H10F2O2S. The first kappa shape index (κ1) is 13.5. The van der Waals surface area contributed by atoms with Gasteiger partial charge in [-0.1, -0.05) is 12.1 Å². The van der Waals surface area contributed by atoms with Gasteiger partial charge in [0.2, 0.25) is 0 Å². The van der Waals surface area contributed by atoms with Crippen LogP contribution in [-0.4, -0.2) is 11.1 Å². The summed E-state index contributed by atoms with van der Waals surface area (Å²) in [6.45, 7) is 0. The number of hydrogen-bond donors (Lipinski definition) is 1. The number of benzene rings is 2. The Morgan fingerprint density at radius 3 is 2.63 bits per heavy atom. The van der Waals surface area contributed by atoms with E-state index in [0.29, 0.717) is 11.3 Å². The maximum Gasteiger partial charge on any atom is 0.335 e. The van der Waals surface area contributed by atoms with Crippen molar-refractivity contribution in [1.29, 1.82) is 0 Å². The molecule has 1 N–H and O–H groups in total. The maximum absolute atomic E-state index is 13.4. The highest BCUT2D eigenvalue weighted by molar-refractivity contribution is 7.98. The van der Waals surface area contributed by atoms with Crippen molar-refractivity contribution in [2.45, 2.75) is 10.6 Å². The third-order valence-corrected chi connectivity index (χ3v) is 3.53. The van der Waals surface area contributed by atoms with E-state index in [0.717, 1.165) is 11.0 Å². The van der Waals surface area contributed by atoms with Crippen LogP contribution >= 0.6 is 11.8 Å². The summed E-state index contributed by atoms with van der Waals surface area (Å²) < 4.78 is 26.2. The lowest BCUT2D eigenvalue weighted by Gasteiger charge is -2.04. The van der Waals surface area contributed by atoms with Crippen LogP contribution in [0.5, 0.6) is 0 Å². The lowest BCUT2D eigenvalue weighted by atomic mass is 10.2. The van der Waals surface area contributed by atoms with Crippen molar-refractivity contribution in [3.63, 3.8) is 0 Å². The molecule has 2 rings (SSSR count). The molecule has 0 aliphatic carbocycles. The van der Waals surface area contributed by atoms with Gasteiger partial charge in [0.1, 0.15) is 11.6 Å². The molecule has 0 saturated heterocycles. The van der Waals surface area contributed by atoms with Crippen LogP contribution in [-0.2, 0) is 5.75 Å². The number of carbonyl (C=O) groups is 1. The Kier molecular flexibility index (Phi) is 4.16. The van der Waals surface area contributed by atoms with Gasteiger partial charge in [0, 0.05) is 16.7 Å². The number of halogens is 2. The molecule has 0 aromatic heterocycles. The third kappa shape index (κ3) is 3.54. The second-order valence-electron chi connectivity index (χ2n) is 3.86. The zero-order valence-corrected chi connectivity index (χ0v) is 10.6.